The lowest BCUT2D eigenvalue weighted by molar-refractivity contribution is 0.0949. The molecule has 18 heavy (non-hydrogen) atoms. The fourth-order valence-electron chi connectivity index (χ4n) is 2.00. The summed E-state index contributed by atoms with van der Waals surface area (Å²) in [6.45, 7) is 2.12. The van der Waals surface area contributed by atoms with E-state index in [1.807, 2.05) is 0 Å². The van der Waals surface area contributed by atoms with E-state index in [0.717, 1.165) is 12.8 Å². The molecule has 1 aromatic carbocycles. The minimum Gasteiger partial charge on any atom is -0.409 e. The Balaban J connectivity index is 2.06. The third-order valence-electron chi connectivity index (χ3n) is 3.29. The maximum atomic E-state index is 12.0. The summed E-state index contributed by atoms with van der Waals surface area (Å²) in [4.78, 5) is 12.0. The molecular formula is C13H17N3O2. The van der Waals surface area contributed by atoms with Gasteiger partial charge in [-0.25, -0.2) is 0 Å². The van der Waals surface area contributed by atoms with E-state index < -0.39 is 0 Å². The van der Waals surface area contributed by atoms with Gasteiger partial charge in [0, 0.05) is 17.2 Å². The highest BCUT2D eigenvalue weighted by atomic mass is 16.4. The van der Waals surface area contributed by atoms with E-state index in [4.69, 9.17) is 10.9 Å². The SMILES string of the molecule is CCC1CC1NC(=O)c1cccc(/C(N)=N/O)c1. The lowest BCUT2D eigenvalue weighted by Crippen LogP contribution is -2.27. The number of nitrogens with one attached hydrogen (secondary N) is 1. The number of carbonyl (C=O) groups excluding carboxylic acids is 1. The van der Waals surface area contributed by atoms with Crippen molar-refractivity contribution in [2.24, 2.45) is 16.8 Å². The summed E-state index contributed by atoms with van der Waals surface area (Å²) in [5.74, 6) is 0.507. The zero-order valence-electron chi connectivity index (χ0n) is 10.3. The summed E-state index contributed by atoms with van der Waals surface area (Å²) >= 11 is 0. The third-order valence-corrected chi connectivity index (χ3v) is 3.29. The van der Waals surface area contributed by atoms with Crippen molar-refractivity contribution in [2.75, 3.05) is 0 Å². The fourth-order valence-corrected chi connectivity index (χ4v) is 2.00. The molecule has 1 saturated carbocycles. The van der Waals surface area contributed by atoms with Crippen molar-refractivity contribution in [2.45, 2.75) is 25.8 Å². The van der Waals surface area contributed by atoms with Gasteiger partial charge >= 0.3 is 0 Å². The van der Waals surface area contributed by atoms with Crippen LogP contribution in [0.25, 0.3) is 0 Å². The van der Waals surface area contributed by atoms with Crippen LogP contribution in [0.2, 0.25) is 0 Å². The molecule has 0 heterocycles. The standard InChI is InChI=1S/C13H17N3O2/c1-2-8-7-11(8)15-13(17)10-5-3-4-9(6-10)12(14)16-18/h3-6,8,11,18H,2,7H2,1H3,(H2,14,16)(H,15,17). The molecule has 1 aliphatic carbocycles. The van der Waals surface area contributed by atoms with Crippen LogP contribution in [-0.2, 0) is 0 Å². The predicted octanol–water partition coefficient (Wildman–Crippen LogP) is 1.31. The minimum absolute atomic E-state index is 0.00232. The van der Waals surface area contributed by atoms with Gasteiger partial charge in [0.2, 0.25) is 0 Å². The van der Waals surface area contributed by atoms with Gasteiger partial charge in [-0.3, -0.25) is 4.79 Å². The predicted molar refractivity (Wildman–Crippen MR) is 68.6 cm³/mol. The summed E-state index contributed by atoms with van der Waals surface area (Å²) in [5, 5.41) is 14.5. The Hall–Kier alpha value is -2.04. The lowest BCUT2D eigenvalue weighted by atomic mass is 10.1. The van der Waals surface area contributed by atoms with Gasteiger partial charge in [0.1, 0.15) is 0 Å². The fraction of sp³-hybridized carbons (Fsp3) is 0.385. The number of oxime groups is 1. The topological polar surface area (TPSA) is 87.7 Å². The number of hydrogen-bond acceptors (Lipinski definition) is 3. The van der Waals surface area contributed by atoms with Gasteiger partial charge in [-0.05, 0) is 24.5 Å². The Labute approximate surface area is 106 Å². The zero-order valence-corrected chi connectivity index (χ0v) is 10.3. The van der Waals surface area contributed by atoms with Crippen LogP contribution in [0.15, 0.2) is 29.4 Å². The van der Waals surface area contributed by atoms with Gasteiger partial charge in [0.25, 0.3) is 5.91 Å². The molecule has 1 fully saturated rings. The Morgan fingerprint density at radius 1 is 1.56 bits per heavy atom. The smallest absolute Gasteiger partial charge is 0.251 e. The van der Waals surface area contributed by atoms with Crippen molar-refractivity contribution in [3.63, 3.8) is 0 Å². The maximum absolute atomic E-state index is 12.0. The number of benzene rings is 1. The van der Waals surface area contributed by atoms with E-state index in [-0.39, 0.29) is 11.7 Å². The number of amidine groups is 1. The van der Waals surface area contributed by atoms with Crippen LogP contribution in [0.3, 0.4) is 0 Å². The summed E-state index contributed by atoms with van der Waals surface area (Å²) < 4.78 is 0. The normalized spacial score (nSPS) is 22.6. The largest absolute Gasteiger partial charge is 0.409 e. The summed E-state index contributed by atoms with van der Waals surface area (Å²) in [6.07, 6.45) is 2.15. The first-order valence-electron chi connectivity index (χ1n) is 6.04. The molecule has 5 nitrogen and oxygen atoms in total. The summed E-state index contributed by atoms with van der Waals surface area (Å²) in [7, 11) is 0. The zero-order chi connectivity index (χ0) is 13.1. The Kier molecular flexibility index (Phi) is 3.50. The number of carbonyl (C=O) groups is 1. The molecule has 1 amide bonds. The van der Waals surface area contributed by atoms with E-state index in [2.05, 4.69) is 17.4 Å². The van der Waals surface area contributed by atoms with Crippen molar-refractivity contribution >= 4 is 11.7 Å². The first-order chi connectivity index (χ1) is 8.65. The Morgan fingerprint density at radius 3 is 2.89 bits per heavy atom. The molecule has 5 heteroatoms. The van der Waals surface area contributed by atoms with Crippen molar-refractivity contribution < 1.29 is 10.0 Å². The van der Waals surface area contributed by atoms with Crippen LogP contribution in [0, 0.1) is 5.92 Å². The van der Waals surface area contributed by atoms with Gasteiger partial charge in [-0.1, -0.05) is 30.6 Å². The second-order valence-corrected chi connectivity index (χ2v) is 4.55. The Morgan fingerprint density at radius 2 is 2.28 bits per heavy atom. The summed E-state index contributed by atoms with van der Waals surface area (Å²) in [5.41, 5.74) is 6.55. The number of nitrogens with zero attached hydrogens (tertiary/aromatic N) is 1. The highest BCUT2D eigenvalue weighted by Gasteiger charge is 2.36. The van der Waals surface area contributed by atoms with Crippen LogP contribution >= 0.6 is 0 Å². The van der Waals surface area contributed by atoms with Crippen LogP contribution in [0.4, 0.5) is 0 Å². The molecule has 0 spiro atoms. The first kappa shape index (κ1) is 12.4. The van der Waals surface area contributed by atoms with Gasteiger partial charge in [-0.2, -0.15) is 0 Å². The highest BCUT2D eigenvalue weighted by molar-refractivity contribution is 6.01. The molecule has 0 bridgehead atoms. The molecule has 2 unspecified atom stereocenters. The molecule has 96 valence electrons. The monoisotopic (exact) mass is 247 g/mol. The van der Waals surface area contributed by atoms with Crippen molar-refractivity contribution in [1.82, 2.24) is 5.32 Å². The molecule has 2 rings (SSSR count). The van der Waals surface area contributed by atoms with E-state index in [1.54, 1.807) is 24.3 Å². The van der Waals surface area contributed by atoms with Crippen molar-refractivity contribution in [3.8, 4) is 0 Å². The van der Waals surface area contributed by atoms with Crippen LogP contribution in [-0.4, -0.2) is 23.0 Å². The number of hydrogen-bond donors (Lipinski definition) is 3. The van der Waals surface area contributed by atoms with Crippen LogP contribution in [0.5, 0.6) is 0 Å². The van der Waals surface area contributed by atoms with Gasteiger partial charge in [0.15, 0.2) is 5.84 Å². The van der Waals surface area contributed by atoms with Gasteiger partial charge in [-0.15, -0.1) is 0 Å². The molecule has 0 aromatic heterocycles. The molecule has 2 atom stereocenters. The van der Waals surface area contributed by atoms with E-state index >= 15 is 0 Å². The maximum Gasteiger partial charge on any atom is 0.251 e. The molecule has 1 aliphatic rings. The minimum atomic E-state index is -0.108. The number of amides is 1. The van der Waals surface area contributed by atoms with Gasteiger partial charge in [0.05, 0.1) is 0 Å². The number of nitrogens with two attached hydrogens (primary N) is 1. The molecule has 0 radical (unpaired) electrons. The van der Waals surface area contributed by atoms with E-state index in [1.165, 1.54) is 0 Å². The average molecular weight is 247 g/mol. The first-order valence-corrected chi connectivity index (χ1v) is 6.04. The van der Waals surface area contributed by atoms with Crippen molar-refractivity contribution in [3.05, 3.63) is 35.4 Å². The molecule has 0 aliphatic heterocycles. The quantitative estimate of drug-likeness (QED) is 0.324. The molecular weight excluding hydrogens is 230 g/mol. The van der Waals surface area contributed by atoms with E-state index in [0.29, 0.717) is 23.1 Å². The molecule has 4 N–H and O–H groups in total. The van der Waals surface area contributed by atoms with Crippen LogP contribution in [0.1, 0.15) is 35.7 Å². The third kappa shape index (κ3) is 2.61. The van der Waals surface area contributed by atoms with E-state index in [9.17, 15) is 4.79 Å². The molecule has 0 saturated heterocycles. The average Bonchev–Trinajstić information content (AvgIpc) is 3.16. The van der Waals surface area contributed by atoms with Crippen LogP contribution < -0.4 is 11.1 Å². The van der Waals surface area contributed by atoms with Crippen molar-refractivity contribution in [1.29, 1.82) is 0 Å². The summed E-state index contributed by atoms with van der Waals surface area (Å²) in [6, 6.07) is 7.04. The Bertz CT molecular complexity index is 485. The second kappa shape index (κ2) is 5.08. The lowest BCUT2D eigenvalue weighted by Gasteiger charge is -2.06. The highest BCUT2D eigenvalue weighted by Crippen LogP contribution is 2.33. The number of rotatable bonds is 4. The molecule has 1 aromatic rings. The second-order valence-electron chi connectivity index (χ2n) is 4.55. The van der Waals surface area contributed by atoms with Gasteiger partial charge < -0.3 is 16.3 Å².